The maximum atomic E-state index is 12.2. The average Bonchev–Trinajstić information content (AvgIpc) is 2.58. The fraction of sp³-hybridized carbons (Fsp3) is 0.611. The van der Waals surface area contributed by atoms with Gasteiger partial charge in [0.1, 0.15) is 6.61 Å². The van der Waals surface area contributed by atoms with E-state index in [9.17, 15) is 21.6 Å². The average molecular weight is 421 g/mol. The third-order valence-corrected chi connectivity index (χ3v) is 7.06. The lowest BCUT2D eigenvalue weighted by molar-refractivity contribution is -0.176. The van der Waals surface area contributed by atoms with Crippen molar-refractivity contribution in [3.8, 4) is 0 Å². The van der Waals surface area contributed by atoms with Crippen molar-refractivity contribution in [2.45, 2.75) is 37.9 Å². The fourth-order valence-corrected chi connectivity index (χ4v) is 4.32. The van der Waals surface area contributed by atoms with Gasteiger partial charge in [-0.3, -0.25) is 4.99 Å². The molecule has 0 bridgehead atoms. The predicted molar refractivity (Wildman–Crippen MR) is 102 cm³/mol. The Hall–Kier alpha value is -1.81. The van der Waals surface area contributed by atoms with Crippen molar-refractivity contribution in [2.75, 3.05) is 32.5 Å². The fourth-order valence-electron chi connectivity index (χ4n) is 2.95. The summed E-state index contributed by atoms with van der Waals surface area (Å²) in [4.78, 5) is 6.13. The molecule has 1 fully saturated rings. The molecule has 0 atom stereocenters. The summed E-state index contributed by atoms with van der Waals surface area (Å²) in [5.41, 5.74) is 1.50. The van der Waals surface area contributed by atoms with E-state index in [1.54, 1.807) is 39.1 Å². The first-order chi connectivity index (χ1) is 12.9. The molecule has 0 unspecified atom stereocenters. The zero-order valence-electron chi connectivity index (χ0n) is 16.2. The number of rotatable bonds is 5. The van der Waals surface area contributed by atoms with Crippen LogP contribution in [0.5, 0.6) is 0 Å². The summed E-state index contributed by atoms with van der Waals surface area (Å²) < 4.78 is 64.7. The van der Waals surface area contributed by atoms with Gasteiger partial charge in [0.2, 0.25) is 0 Å². The molecule has 1 aliphatic heterocycles. The SMILES string of the molecule is CN=C(NCc1cccc(COCC(F)(F)F)c1)N1CCS(=O)(=O)C(C)(C)C1. The van der Waals surface area contributed by atoms with Crippen LogP contribution in [0, 0.1) is 0 Å². The second-order valence-electron chi connectivity index (χ2n) is 7.33. The topological polar surface area (TPSA) is 71.0 Å². The van der Waals surface area contributed by atoms with Crippen LogP contribution in [-0.2, 0) is 27.7 Å². The highest BCUT2D eigenvalue weighted by atomic mass is 32.2. The van der Waals surface area contributed by atoms with Gasteiger partial charge < -0.3 is 15.0 Å². The molecule has 6 nitrogen and oxygen atoms in total. The van der Waals surface area contributed by atoms with Crippen molar-refractivity contribution >= 4 is 15.8 Å². The van der Waals surface area contributed by atoms with E-state index < -0.39 is 27.4 Å². The van der Waals surface area contributed by atoms with E-state index in [1.165, 1.54) is 0 Å². The minimum atomic E-state index is -4.35. The van der Waals surface area contributed by atoms with Crippen LogP contribution in [0.3, 0.4) is 0 Å². The Labute approximate surface area is 163 Å². The molecular weight excluding hydrogens is 395 g/mol. The third-order valence-electron chi connectivity index (χ3n) is 4.53. The van der Waals surface area contributed by atoms with Gasteiger partial charge in [-0.25, -0.2) is 8.42 Å². The van der Waals surface area contributed by atoms with Gasteiger partial charge in [-0.15, -0.1) is 0 Å². The predicted octanol–water partition coefficient (Wildman–Crippen LogP) is 2.35. The quantitative estimate of drug-likeness (QED) is 0.584. The molecule has 0 spiro atoms. The van der Waals surface area contributed by atoms with Crippen LogP contribution in [0.2, 0.25) is 0 Å². The summed E-state index contributed by atoms with van der Waals surface area (Å²) in [6.45, 7) is 3.09. The Bertz CT molecular complexity index is 808. The van der Waals surface area contributed by atoms with Crippen LogP contribution in [0.25, 0.3) is 0 Å². The van der Waals surface area contributed by atoms with Crippen molar-refractivity contribution in [3.63, 3.8) is 0 Å². The van der Waals surface area contributed by atoms with Gasteiger partial charge in [-0.1, -0.05) is 24.3 Å². The van der Waals surface area contributed by atoms with Gasteiger partial charge in [-0.2, -0.15) is 13.2 Å². The molecule has 1 saturated heterocycles. The molecule has 28 heavy (non-hydrogen) atoms. The van der Waals surface area contributed by atoms with E-state index in [0.717, 1.165) is 5.56 Å². The first-order valence-electron chi connectivity index (χ1n) is 8.84. The van der Waals surface area contributed by atoms with Gasteiger partial charge >= 0.3 is 6.18 Å². The normalized spacial score (nSPS) is 19.5. The second kappa shape index (κ2) is 8.69. The maximum Gasteiger partial charge on any atom is 0.411 e. The molecule has 10 heteroatoms. The Balaban J connectivity index is 1.94. The lowest BCUT2D eigenvalue weighted by Gasteiger charge is -2.39. The van der Waals surface area contributed by atoms with Gasteiger partial charge in [0.15, 0.2) is 15.8 Å². The van der Waals surface area contributed by atoms with Crippen LogP contribution < -0.4 is 5.32 Å². The summed E-state index contributed by atoms with van der Waals surface area (Å²) in [6.07, 6.45) is -4.35. The van der Waals surface area contributed by atoms with E-state index in [4.69, 9.17) is 0 Å². The third kappa shape index (κ3) is 6.10. The van der Waals surface area contributed by atoms with Gasteiger partial charge in [0.05, 0.1) is 17.1 Å². The summed E-state index contributed by atoms with van der Waals surface area (Å²) in [5, 5.41) is 3.19. The summed E-state index contributed by atoms with van der Waals surface area (Å²) >= 11 is 0. The number of aliphatic imine (C=N–C) groups is 1. The number of alkyl halides is 3. The van der Waals surface area contributed by atoms with E-state index in [-0.39, 0.29) is 12.4 Å². The first kappa shape index (κ1) is 22.5. The molecule has 0 aliphatic carbocycles. The maximum absolute atomic E-state index is 12.2. The summed E-state index contributed by atoms with van der Waals surface area (Å²) in [5.74, 6) is 0.647. The lowest BCUT2D eigenvalue weighted by Crippen LogP contribution is -2.57. The van der Waals surface area contributed by atoms with Gasteiger partial charge in [-0.05, 0) is 25.0 Å². The monoisotopic (exact) mass is 421 g/mol. The molecule has 0 saturated carbocycles. The van der Waals surface area contributed by atoms with E-state index in [0.29, 0.717) is 31.2 Å². The van der Waals surface area contributed by atoms with Crippen LogP contribution in [-0.4, -0.2) is 62.7 Å². The van der Waals surface area contributed by atoms with E-state index >= 15 is 0 Å². The summed E-state index contributed by atoms with van der Waals surface area (Å²) in [7, 11) is -1.52. The molecule has 0 amide bonds. The van der Waals surface area contributed by atoms with Crippen molar-refractivity contribution in [1.82, 2.24) is 10.2 Å². The Morgan fingerprint density at radius 3 is 2.61 bits per heavy atom. The molecular formula is C18H26F3N3O3S. The zero-order chi connectivity index (χ0) is 21.0. The highest BCUT2D eigenvalue weighted by Gasteiger charge is 2.40. The van der Waals surface area contributed by atoms with Crippen molar-refractivity contribution in [3.05, 3.63) is 35.4 Å². The number of ether oxygens (including phenoxy) is 1. The molecule has 1 aromatic carbocycles. The zero-order valence-corrected chi connectivity index (χ0v) is 17.0. The largest absolute Gasteiger partial charge is 0.411 e. The number of halogens is 3. The molecule has 1 heterocycles. The van der Waals surface area contributed by atoms with E-state index in [1.807, 2.05) is 11.0 Å². The minimum Gasteiger partial charge on any atom is -0.367 e. The highest BCUT2D eigenvalue weighted by molar-refractivity contribution is 7.92. The second-order valence-corrected chi connectivity index (χ2v) is 10.1. The summed E-state index contributed by atoms with van der Waals surface area (Å²) in [6, 6.07) is 7.06. The Morgan fingerprint density at radius 2 is 2.00 bits per heavy atom. The lowest BCUT2D eigenvalue weighted by atomic mass is 10.1. The van der Waals surface area contributed by atoms with E-state index in [2.05, 4.69) is 15.0 Å². The van der Waals surface area contributed by atoms with Gasteiger partial charge in [0, 0.05) is 26.7 Å². The number of hydrogen-bond donors (Lipinski definition) is 1. The molecule has 158 valence electrons. The number of hydrogen-bond acceptors (Lipinski definition) is 4. The van der Waals surface area contributed by atoms with Gasteiger partial charge in [0.25, 0.3) is 0 Å². The number of nitrogens with zero attached hydrogens (tertiary/aromatic N) is 2. The number of nitrogens with one attached hydrogen (secondary N) is 1. The number of sulfone groups is 1. The minimum absolute atomic E-state index is 0.0622. The molecule has 2 rings (SSSR count). The molecule has 1 aliphatic rings. The van der Waals surface area contributed by atoms with Crippen LogP contribution >= 0.6 is 0 Å². The van der Waals surface area contributed by atoms with Crippen molar-refractivity contribution in [1.29, 1.82) is 0 Å². The Morgan fingerprint density at radius 1 is 1.32 bits per heavy atom. The first-order valence-corrected chi connectivity index (χ1v) is 10.5. The molecule has 1 N–H and O–H groups in total. The standard InChI is InChI=1S/C18H26F3N3O3S/c1-17(2)12-24(7-8-28(17,25)26)16(22-3)23-10-14-5-4-6-15(9-14)11-27-13-18(19,20)21/h4-6,9H,7-8,10-13H2,1-3H3,(H,22,23). The van der Waals surface area contributed by atoms with Crippen molar-refractivity contribution in [2.24, 2.45) is 4.99 Å². The molecule has 0 aromatic heterocycles. The highest BCUT2D eigenvalue weighted by Crippen LogP contribution is 2.23. The van der Waals surface area contributed by atoms with Crippen LogP contribution in [0.15, 0.2) is 29.3 Å². The molecule has 1 aromatic rings. The van der Waals surface area contributed by atoms with Crippen LogP contribution in [0.1, 0.15) is 25.0 Å². The smallest absolute Gasteiger partial charge is 0.367 e. The number of benzene rings is 1. The van der Waals surface area contributed by atoms with Crippen LogP contribution in [0.4, 0.5) is 13.2 Å². The Kier molecular flexibility index (Phi) is 6.97. The number of guanidine groups is 1. The molecule has 0 radical (unpaired) electrons. The van der Waals surface area contributed by atoms with Crippen molar-refractivity contribution < 1.29 is 26.3 Å².